The molecule has 9 heteroatoms. The van der Waals surface area contributed by atoms with Crippen LogP contribution in [0.5, 0.6) is 0 Å². The van der Waals surface area contributed by atoms with Gasteiger partial charge in [-0.1, -0.05) is 11.2 Å². The lowest BCUT2D eigenvalue weighted by atomic mass is 10.1. The van der Waals surface area contributed by atoms with Crippen LogP contribution < -0.4 is 16.4 Å². The minimum absolute atomic E-state index is 0.168. The summed E-state index contributed by atoms with van der Waals surface area (Å²) in [4.78, 5) is 42.8. The molecule has 0 bridgehead atoms. The van der Waals surface area contributed by atoms with Crippen LogP contribution in [-0.4, -0.2) is 25.6 Å². The van der Waals surface area contributed by atoms with Gasteiger partial charge in [0.25, 0.3) is 5.89 Å². The van der Waals surface area contributed by atoms with Crippen LogP contribution in [0.4, 0.5) is 5.69 Å². The van der Waals surface area contributed by atoms with E-state index in [-0.39, 0.29) is 11.9 Å². The van der Waals surface area contributed by atoms with Gasteiger partial charge in [0.05, 0.1) is 11.0 Å². The number of H-pyrrole nitrogens is 1. The van der Waals surface area contributed by atoms with Gasteiger partial charge in [0.15, 0.2) is 0 Å². The number of hydrogen-bond acceptors (Lipinski definition) is 6. The van der Waals surface area contributed by atoms with Gasteiger partial charge in [0.1, 0.15) is 0 Å². The number of aromatic nitrogens is 4. The molecule has 2 heterocycles. The Morgan fingerprint density at radius 3 is 2.68 bits per heavy atom. The summed E-state index contributed by atoms with van der Waals surface area (Å²) in [6.07, 6.45) is 0. The Morgan fingerprint density at radius 1 is 1.19 bits per heavy atom. The topological polar surface area (TPSA) is 123 Å². The highest BCUT2D eigenvalue weighted by atomic mass is 16.5. The molecule has 0 saturated heterocycles. The van der Waals surface area contributed by atoms with Crippen LogP contribution in [0.25, 0.3) is 33.9 Å². The molecule has 0 aliphatic carbocycles. The van der Waals surface area contributed by atoms with E-state index >= 15 is 0 Å². The zero-order chi connectivity index (χ0) is 22.3. The Balaban J connectivity index is 1.78. The fourth-order valence-corrected chi connectivity index (χ4v) is 3.54. The largest absolute Gasteiger partial charge is 0.334 e. The Hall–Kier alpha value is -4.01. The van der Waals surface area contributed by atoms with Gasteiger partial charge in [0.2, 0.25) is 11.7 Å². The molecule has 4 rings (SSSR count). The molecule has 0 fully saturated rings. The lowest BCUT2D eigenvalue weighted by molar-refractivity contribution is -0.114. The smallest absolute Gasteiger partial charge is 0.316 e. The summed E-state index contributed by atoms with van der Waals surface area (Å²) in [6, 6.07) is 10.5. The zero-order valence-electron chi connectivity index (χ0n) is 17.5. The Bertz CT molecular complexity index is 1430. The second kappa shape index (κ2) is 7.67. The first-order valence-corrected chi connectivity index (χ1v) is 9.76. The highest BCUT2D eigenvalue weighted by molar-refractivity contribution is 5.90. The van der Waals surface area contributed by atoms with Crippen molar-refractivity contribution < 1.29 is 9.32 Å². The molecule has 1 amide bonds. The Kier molecular flexibility index (Phi) is 5.02. The lowest BCUT2D eigenvalue weighted by Crippen LogP contribution is -2.37. The van der Waals surface area contributed by atoms with Crippen LogP contribution in [0.2, 0.25) is 0 Å². The van der Waals surface area contributed by atoms with E-state index in [2.05, 4.69) is 20.4 Å². The van der Waals surface area contributed by atoms with E-state index in [1.165, 1.54) is 11.5 Å². The van der Waals surface area contributed by atoms with Crippen LogP contribution >= 0.6 is 0 Å². The minimum Gasteiger partial charge on any atom is -0.334 e. The summed E-state index contributed by atoms with van der Waals surface area (Å²) in [6.45, 7) is 6.99. The fraction of sp³-hybridized carbons (Fsp3) is 0.227. The fourth-order valence-electron chi connectivity index (χ4n) is 3.54. The summed E-state index contributed by atoms with van der Waals surface area (Å²) in [7, 11) is 0. The average molecular weight is 419 g/mol. The van der Waals surface area contributed by atoms with Gasteiger partial charge in [-0.15, -0.1) is 0 Å². The second-order valence-electron chi connectivity index (χ2n) is 7.54. The van der Waals surface area contributed by atoms with Gasteiger partial charge in [-0.3, -0.25) is 19.0 Å². The monoisotopic (exact) mass is 419 g/mol. The number of nitrogens with zero attached hydrogens (tertiary/aromatic N) is 3. The van der Waals surface area contributed by atoms with Crippen molar-refractivity contribution in [3.05, 3.63) is 62.7 Å². The molecule has 0 aliphatic rings. The SMILES string of the molecule is CC(=O)Nc1cccc(-c2nc(-c3ccc4c(c3)[nH]c(=O)c(=O)n4C(C)C)no2)c1C. The lowest BCUT2D eigenvalue weighted by Gasteiger charge is -2.13. The van der Waals surface area contributed by atoms with E-state index in [1.807, 2.05) is 26.8 Å². The summed E-state index contributed by atoms with van der Waals surface area (Å²) >= 11 is 0. The van der Waals surface area contributed by atoms with Gasteiger partial charge < -0.3 is 14.8 Å². The van der Waals surface area contributed by atoms with Gasteiger partial charge in [0, 0.05) is 29.8 Å². The van der Waals surface area contributed by atoms with Gasteiger partial charge in [-0.2, -0.15) is 4.98 Å². The third kappa shape index (κ3) is 3.65. The molecular formula is C22H21N5O4. The van der Waals surface area contributed by atoms with Crippen molar-refractivity contribution in [3.8, 4) is 22.8 Å². The molecular weight excluding hydrogens is 398 g/mol. The van der Waals surface area contributed by atoms with Gasteiger partial charge >= 0.3 is 11.1 Å². The van der Waals surface area contributed by atoms with Crippen LogP contribution in [0.15, 0.2) is 50.5 Å². The third-order valence-electron chi connectivity index (χ3n) is 4.99. The molecule has 0 atom stereocenters. The van der Waals surface area contributed by atoms with E-state index in [0.717, 1.165) is 5.56 Å². The number of nitrogens with one attached hydrogen (secondary N) is 2. The average Bonchev–Trinajstić information content (AvgIpc) is 3.19. The number of carbonyl (C=O) groups excluding carboxylic acids is 1. The number of hydrogen-bond donors (Lipinski definition) is 2. The number of anilines is 1. The quantitative estimate of drug-likeness (QED) is 0.490. The summed E-state index contributed by atoms with van der Waals surface area (Å²) in [5, 5.41) is 6.84. The van der Waals surface area contributed by atoms with Crippen molar-refractivity contribution in [3.63, 3.8) is 0 Å². The van der Waals surface area contributed by atoms with Crippen LogP contribution in [0, 0.1) is 6.92 Å². The van der Waals surface area contributed by atoms with Gasteiger partial charge in [-0.25, -0.2) is 0 Å². The maximum absolute atomic E-state index is 12.2. The first kappa shape index (κ1) is 20.3. The van der Waals surface area contributed by atoms with Crippen molar-refractivity contribution >= 4 is 22.6 Å². The van der Waals surface area contributed by atoms with Crippen LogP contribution in [-0.2, 0) is 4.79 Å². The van der Waals surface area contributed by atoms with E-state index < -0.39 is 11.1 Å². The molecule has 0 spiro atoms. The highest BCUT2D eigenvalue weighted by Crippen LogP contribution is 2.29. The van der Waals surface area contributed by atoms with E-state index in [0.29, 0.717) is 39.6 Å². The molecule has 0 unspecified atom stereocenters. The summed E-state index contributed by atoms with van der Waals surface area (Å²) < 4.78 is 6.92. The standard InChI is InChI=1S/C22H21N5O4/c1-11(2)27-18-9-8-14(10-17(18)24-20(29)22(27)30)19-25-21(31-26-19)15-6-5-7-16(12(15)3)23-13(4)28/h5-11H,1-4H3,(H,23,28)(H,24,29). The Labute approximate surface area is 176 Å². The molecule has 158 valence electrons. The number of rotatable bonds is 4. The van der Waals surface area contributed by atoms with Crippen molar-refractivity contribution in [1.82, 2.24) is 19.7 Å². The molecule has 2 aromatic heterocycles. The predicted molar refractivity (Wildman–Crippen MR) is 117 cm³/mol. The first-order valence-electron chi connectivity index (χ1n) is 9.76. The van der Waals surface area contributed by atoms with Crippen molar-refractivity contribution in [2.45, 2.75) is 33.7 Å². The van der Waals surface area contributed by atoms with Crippen molar-refractivity contribution in [2.24, 2.45) is 0 Å². The number of amides is 1. The molecule has 31 heavy (non-hydrogen) atoms. The number of aromatic amines is 1. The van der Waals surface area contributed by atoms with E-state index in [1.54, 1.807) is 30.3 Å². The Morgan fingerprint density at radius 2 is 1.97 bits per heavy atom. The predicted octanol–water partition coefficient (Wildman–Crippen LogP) is 3.25. The number of benzene rings is 2. The summed E-state index contributed by atoms with van der Waals surface area (Å²) in [5.41, 5.74) is 2.65. The van der Waals surface area contributed by atoms with Crippen molar-refractivity contribution in [2.75, 3.05) is 5.32 Å². The maximum Gasteiger partial charge on any atom is 0.316 e. The molecule has 2 N–H and O–H groups in total. The molecule has 0 radical (unpaired) electrons. The van der Waals surface area contributed by atoms with Crippen LogP contribution in [0.1, 0.15) is 32.4 Å². The third-order valence-corrected chi connectivity index (χ3v) is 4.99. The van der Waals surface area contributed by atoms with Crippen molar-refractivity contribution in [1.29, 1.82) is 0 Å². The van der Waals surface area contributed by atoms with Gasteiger partial charge in [-0.05, 0) is 56.7 Å². The summed E-state index contributed by atoms with van der Waals surface area (Å²) in [5.74, 6) is 0.473. The van der Waals surface area contributed by atoms with Crippen LogP contribution in [0.3, 0.4) is 0 Å². The number of fused-ring (bicyclic) bond motifs is 1. The van der Waals surface area contributed by atoms with E-state index in [9.17, 15) is 14.4 Å². The first-order chi connectivity index (χ1) is 14.8. The highest BCUT2D eigenvalue weighted by Gasteiger charge is 2.16. The molecule has 2 aromatic carbocycles. The normalized spacial score (nSPS) is 11.3. The molecule has 0 saturated carbocycles. The minimum atomic E-state index is -0.683. The zero-order valence-corrected chi connectivity index (χ0v) is 17.5. The molecule has 9 nitrogen and oxygen atoms in total. The second-order valence-corrected chi connectivity index (χ2v) is 7.54. The maximum atomic E-state index is 12.2. The number of carbonyl (C=O) groups is 1. The molecule has 0 aliphatic heterocycles. The molecule has 4 aromatic rings. The van der Waals surface area contributed by atoms with E-state index in [4.69, 9.17) is 4.52 Å².